The Labute approximate surface area is 86.0 Å². The second-order valence-electron chi connectivity index (χ2n) is 2.23. The molecule has 0 aromatic heterocycles. The van der Waals surface area contributed by atoms with E-state index in [4.69, 9.17) is 6.42 Å². The van der Waals surface area contributed by atoms with Crippen LogP contribution in [0.15, 0.2) is 29.3 Å². The van der Waals surface area contributed by atoms with Crippen molar-refractivity contribution in [2.24, 2.45) is 4.99 Å². The summed E-state index contributed by atoms with van der Waals surface area (Å²) in [5.74, 6) is 2.45. The summed E-state index contributed by atoms with van der Waals surface area (Å²) in [6.45, 7) is 0.450. The van der Waals surface area contributed by atoms with E-state index in [0.717, 1.165) is 5.56 Å². The van der Waals surface area contributed by atoms with Gasteiger partial charge in [-0.25, -0.2) is 0 Å². The first-order valence-electron chi connectivity index (χ1n) is 3.52. The molecule has 0 radical (unpaired) electrons. The highest BCUT2D eigenvalue weighted by molar-refractivity contribution is 14.1. The van der Waals surface area contributed by atoms with Gasteiger partial charge in [0.05, 0.1) is 6.54 Å². The first kappa shape index (κ1) is 9.27. The van der Waals surface area contributed by atoms with Crippen molar-refractivity contribution in [3.63, 3.8) is 0 Å². The van der Waals surface area contributed by atoms with Crippen LogP contribution in [0, 0.1) is 15.9 Å². The van der Waals surface area contributed by atoms with E-state index in [9.17, 15) is 0 Å². The molecule has 0 heterocycles. The molecule has 60 valence electrons. The summed E-state index contributed by atoms with van der Waals surface area (Å²) in [6, 6.07) is 8.11. The minimum Gasteiger partial charge on any atom is -0.280 e. The molecule has 0 saturated heterocycles. The maximum atomic E-state index is 5.05. The lowest BCUT2D eigenvalue weighted by Crippen LogP contribution is -1.82. The molecular formula is C10H8IN. The van der Waals surface area contributed by atoms with Crippen molar-refractivity contribution < 1.29 is 0 Å². The van der Waals surface area contributed by atoms with Crippen molar-refractivity contribution in [2.75, 3.05) is 6.54 Å². The molecule has 0 N–H and O–H groups in total. The van der Waals surface area contributed by atoms with Gasteiger partial charge in [-0.2, -0.15) is 0 Å². The second kappa shape index (κ2) is 4.94. The Bertz CT molecular complexity index is 306. The standard InChI is InChI=1S/C10H8IN/c1-2-7-12-8-9-3-5-10(11)6-4-9/h1,3-6,8H,7H2. The normalized spacial score (nSPS) is 10.0. The van der Waals surface area contributed by atoms with E-state index in [2.05, 4.69) is 33.5 Å². The summed E-state index contributed by atoms with van der Waals surface area (Å²) in [7, 11) is 0. The van der Waals surface area contributed by atoms with Gasteiger partial charge in [0, 0.05) is 9.78 Å². The van der Waals surface area contributed by atoms with Crippen molar-refractivity contribution in [2.45, 2.75) is 0 Å². The van der Waals surface area contributed by atoms with E-state index in [-0.39, 0.29) is 0 Å². The van der Waals surface area contributed by atoms with Crippen LogP contribution in [0.4, 0.5) is 0 Å². The maximum absolute atomic E-state index is 5.05. The number of aliphatic imine (C=N–C) groups is 1. The number of terminal acetylenes is 1. The average Bonchev–Trinajstić information content (AvgIpc) is 2.09. The Hall–Kier alpha value is -0.820. The van der Waals surface area contributed by atoms with Crippen LogP contribution in [0.2, 0.25) is 0 Å². The Morgan fingerprint density at radius 1 is 1.42 bits per heavy atom. The number of hydrogen-bond acceptors (Lipinski definition) is 1. The van der Waals surface area contributed by atoms with Crippen molar-refractivity contribution >= 4 is 28.8 Å². The number of halogens is 1. The third kappa shape index (κ3) is 3.05. The quantitative estimate of drug-likeness (QED) is 0.444. The third-order valence-corrected chi connectivity index (χ3v) is 2.01. The van der Waals surface area contributed by atoms with Crippen LogP contribution in [-0.4, -0.2) is 12.8 Å². The fourth-order valence-electron chi connectivity index (χ4n) is 0.753. The molecule has 12 heavy (non-hydrogen) atoms. The zero-order valence-corrected chi connectivity index (χ0v) is 8.65. The van der Waals surface area contributed by atoms with Crippen LogP contribution in [0.25, 0.3) is 0 Å². The van der Waals surface area contributed by atoms with E-state index in [1.165, 1.54) is 3.57 Å². The predicted molar refractivity (Wildman–Crippen MR) is 60.5 cm³/mol. The maximum Gasteiger partial charge on any atom is 0.0995 e. The molecule has 0 aliphatic carbocycles. The van der Waals surface area contributed by atoms with Gasteiger partial charge in [-0.1, -0.05) is 18.1 Å². The minimum atomic E-state index is 0.450. The molecule has 0 unspecified atom stereocenters. The number of rotatable bonds is 2. The van der Waals surface area contributed by atoms with Gasteiger partial charge in [0.25, 0.3) is 0 Å². The van der Waals surface area contributed by atoms with Gasteiger partial charge < -0.3 is 0 Å². The molecule has 0 fully saturated rings. The molecule has 0 aliphatic rings. The zero-order chi connectivity index (χ0) is 8.81. The third-order valence-electron chi connectivity index (χ3n) is 1.29. The summed E-state index contributed by atoms with van der Waals surface area (Å²) < 4.78 is 1.22. The summed E-state index contributed by atoms with van der Waals surface area (Å²) in [6.07, 6.45) is 6.84. The molecule has 2 heteroatoms. The Balaban J connectivity index is 2.66. The molecule has 0 saturated carbocycles. The minimum absolute atomic E-state index is 0.450. The van der Waals surface area contributed by atoms with Gasteiger partial charge in [-0.05, 0) is 40.3 Å². The second-order valence-corrected chi connectivity index (χ2v) is 3.47. The molecule has 0 aliphatic heterocycles. The fraction of sp³-hybridized carbons (Fsp3) is 0.100. The van der Waals surface area contributed by atoms with Crippen LogP contribution in [0.5, 0.6) is 0 Å². The Kier molecular flexibility index (Phi) is 3.81. The van der Waals surface area contributed by atoms with Crippen LogP contribution < -0.4 is 0 Å². The van der Waals surface area contributed by atoms with Gasteiger partial charge in [-0.3, -0.25) is 4.99 Å². The average molecular weight is 269 g/mol. The van der Waals surface area contributed by atoms with Crippen molar-refractivity contribution in [3.8, 4) is 12.3 Å². The SMILES string of the molecule is C#CCN=Cc1ccc(I)cc1. The number of hydrogen-bond donors (Lipinski definition) is 0. The summed E-state index contributed by atoms with van der Waals surface area (Å²) in [5, 5.41) is 0. The van der Waals surface area contributed by atoms with Crippen LogP contribution in [0.1, 0.15) is 5.56 Å². The molecule has 1 aromatic rings. The monoisotopic (exact) mass is 269 g/mol. The predicted octanol–water partition coefficient (Wildman–Crippen LogP) is 2.34. The highest BCUT2D eigenvalue weighted by atomic mass is 127. The molecule has 0 spiro atoms. The topological polar surface area (TPSA) is 12.4 Å². The summed E-state index contributed by atoms with van der Waals surface area (Å²) >= 11 is 2.26. The van der Waals surface area contributed by atoms with E-state index in [1.54, 1.807) is 6.21 Å². The zero-order valence-electron chi connectivity index (χ0n) is 6.50. The van der Waals surface area contributed by atoms with E-state index < -0.39 is 0 Å². The molecule has 1 rings (SSSR count). The van der Waals surface area contributed by atoms with Gasteiger partial charge >= 0.3 is 0 Å². The van der Waals surface area contributed by atoms with Gasteiger partial charge in [0.2, 0.25) is 0 Å². The van der Waals surface area contributed by atoms with E-state index in [0.29, 0.717) is 6.54 Å². The first-order chi connectivity index (χ1) is 5.83. The molecule has 0 amide bonds. The Morgan fingerprint density at radius 2 is 2.08 bits per heavy atom. The lowest BCUT2D eigenvalue weighted by Gasteiger charge is -1.91. The van der Waals surface area contributed by atoms with Crippen molar-refractivity contribution in [3.05, 3.63) is 33.4 Å². The lowest BCUT2D eigenvalue weighted by molar-refractivity contribution is 1.30. The van der Waals surface area contributed by atoms with E-state index >= 15 is 0 Å². The number of benzene rings is 1. The first-order valence-corrected chi connectivity index (χ1v) is 4.59. The number of nitrogens with zero attached hydrogens (tertiary/aromatic N) is 1. The fourth-order valence-corrected chi connectivity index (χ4v) is 1.11. The van der Waals surface area contributed by atoms with Crippen molar-refractivity contribution in [1.82, 2.24) is 0 Å². The summed E-state index contributed by atoms with van der Waals surface area (Å²) in [5.41, 5.74) is 1.09. The van der Waals surface area contributed by atoms with Crippen LogP contribution >= 0.6 is 22.6 Å². The van der Waals surface area contributed by atoms with Crippen LogP contribution in [0.3, 0.4) is 0 Å². The van der Waals surface area contributed by atoms with Gasteiger partial charge in [0.15, 0.2) is 0 Å². The molecule has 1 nitrogen and oxygen atoms in total. The largest absolute Gasteiger partial charge is 0.280 e. The van der Waals surface area contributed by atoms with Crippen molar-refractivity contribution in [1.29, 1.82) is 0 Å². The Morgan fingerprint density at radius 3 is 2.67 bits per heavy atom. The molecule has 1 aromatic carbocycles. The molecular weight excluding hydrogens is 261 g/mol. The smallest absolute Gasteiger partial charge is 0.0995 e. The molecule has 0 bridgehead atoms. The van der Waals surface area contributed by atoms with Gasteiger partial charge in [-0.15, -0.1) is 6.42 Å². The van der Waals surface area contributed by atoms with Gasteiger partial charge in [0.1, 0.15) is 0 Å². The molecule has 0 atom stereocenters. The van der Waals surface area contributed by atoms with E-state index in [1.807, 2.05) is 24.3 Å². The van der Waals surface area contributed by atoms with Crippen LogP contribution in [-0.2, 0) is 0 Å². The lowest BCUT2D eigenvalue weighted by atomic mass is 10.2. The highest BCUT2D eigenvalue weighted by Gasteiger charge is 1.86. The highest BCUT2D eigenvalue weighted by Crippen LogP contribution is 2.04. The summed E-state index contributed by atoms with van der Waals surface area (Å²) in [4.78, 5) is 4.03.